The molecule has 2 saturated heterocycles. The van der Waals surface area contributed by atoms with E-state index in [1.165, 1.54) is 180 Å². The lowest BCUT2D eigenvalue weighted by Gasteiger charge is -2.38. The number of nitrogens with zero attached hydrogens (tertiary/aromatic N) is 3. The number of likely N-dealkylation sites (N-methyl/N-ethyl adjacent to an activating group) is 2. The zero-order chi connectivity index (χ0) is 49.2. The highest BCUT2D eigenvalue weighted by atomic mass is 16.8. The molecule has 0 N–H and O–H groups in total. The van der Waals surface area contributed by atoms with Crippen LogP contribution in [-0.2, 0) is 33.3 Å². The van der Waals surface area contributed by atoms with Crippen molar-refractivity contribution in [2.24, 2.45) is 0 Å². The lowest BCUT2D eigenvalue weighted by molar-refractivity contribution is -0.203. The van der Waals surface area contributed by atoms with Crippen LogP contribution in [0.3, 0.4) is 0 Å². The molecule has 0 saturated carbocycles. The molecule has 0 aliphatic carbocycles. The predicted molar refractivity (Wildman–Crippen MR) is 283 cm³/mol. The summed E-state index contributed by atoms with van der Waals surface area (Å²) in [6.07, 6.45) is 45.9. The van der Waals surface area contributed by atoms with Gasteiger partial charge in [-0.15, -0.1) is 0 Å². The van der Waals surface area contributed by atoms with Crippen LogP contribution in [-0.4, -0.2) is 118 Å². The number of ether oxygens (including phenoxy) is 4. The van der Waals surface area contributed by atoms with Crippen LogP contribution in [0.5, 0.6) is 0 Å². The number of rotatable bonds is 47. The number of unbranched alkanes of at least 4 members (excludes halogenated alkanes) is 30. The highest BCUT2D eigenvalue weighted by molar-refractivity contribution is 5.76. The van der Waals surface area contributed by atoms with Crippen LogP contribution in [0.1, 0.15) is 271 Å². The average molecular weight is 963 g/mol. The molecule has 0 aromatic carbocycles. The smallest absolute Gasteiger partial charge is 0.305 e. The highest BCUT2D eigenvalue weighted by Crippen LogP contribution is 2.40. The Morgan fingerprint density at radius 1 is 0.456 bits per heavy atom. The first kappa shape index (κ1) is 62.4. The second-order valence-corrected chi connectivity index (χ2v) is 21.4. The van der Waals surface area contributed by atoms with Crippen LogP contribution in [0.25, 0.3) is 0 Å². The molecule has 2 aliphatic rings. The topological polar surface area (TPSA) is 97.9 Å². The molecule has 2 atom stereocenters. The summed E-state index contributed by atoms with van der Waals surface area (Å²) in [7, 11) is 6.28. The molecule has 1 spiro atoms. The van der Waals surface area contributed by atoms with Crippen molar-refractivity contribution < 1.29 is 33.3 Å². The Kier molecular flexibility index (Phi) is 39.3. The van der Waals surface area contributed by atoms with Crippen LogP contribution < -0.4 is 0 Å². The van der Waals surface area contributed by atoms with Crippen LogP contribution in [0, 0.1) is 0 Å². The standard InChI is InChI=1S/C58H111N3O7/c1-6-8-10-12-14-16-18-20-22-24-26-28-30-32-34-36-40-56(63)65-51-42-53-54(68-58(67-53)44-47-61(48-45-58)55(62)39-38-46-60(5)50-49-59(3)4)43-52-66-57(64)41-37-35-33-31-29-27-25-23-21-19-17-15-13-11-9-7-2/h53-54H,6-52H2,1-5H3. The average Bonchev–Trinajstić information content (AvgIpc) is 3.66. The lowest BCUT2D eigenvalue weighted by Crippen LogP contribution is -2.47. The third kappa shape index (κ3) is 33.8. The summed E-state index contributed by atoms with van der Waals surface area (Å²) in [5, 5.41) is 0. The van der Waals surface area contributed by atoms with Crippen molar-refractivity contribution in [3.8, 4) is 0 Å². The van der Waals surface area contributed by atoms with E-state index in [9.17, 15) is 14.4 Å². The van der Waals surface area contributed by atoms with E-state index in [0.717, 1.165) is 51.7 Å². The van der Waals surface area contributed by atoms with Crippen molar-refractivity contribution in [2.45, 2.75) is 289 Å². The molecule has 10 nitrogen and oxygen atoms in total. The monoisotopic (exact) mass is 962 g/mol. The van der Waals surface area contributed by atoms with Gasteiger partial charge in [0.25, 0.3) is 0 Å². The second-order valence-electron chi connectivity index (χ2n) is 21.4. The molecule has 68 heavy (non-hydrogen) atoms. The van der Waals surface area contributed by atoms with Gasteiger partial charge in [0.05, 0.1) is 25.4 Å². The van der Waals surface area contributed by atoms with E-state index in [1.807, 2.05) is 4.90 Å². The Hall–Kier alpha value is -1.75. The second kappa shape index (κ2) is 42.9. The minimum atomic E-state index is -0.770. The molecule has 0 radical (unpaired) electrons. The fourth-order valence-corrected chi connectivity index (χ4v) is 10.1. The first-order chi connectivity index (χ1) is 33.2. The molecule has 0 bridgehead atoms. The number of likely N-dealkylation sites (tertiary alicyclic amines) is 1. The van der Waals surface area contributed by atoms with Crippen LogP contribution in [0.15, 0.2) is 0 Å². The summed E-state index contributed by atoms with van der Waals surface area (Å²) in [4.78, 5) is 45.0. The Balaban J connectivity index is 1.65. The molecule has 2 fully saturated rings. The summed E-state index contributed by atoms with van der Waals surface area (Å²) < 4.78 is 24.8. The molecule has 1 amide bonds. The van der Waals surface area contributed by atoms with Crippen molar-refractivity contribution in [2.75, 3.05) is 67.1 Å². The van der Waals surface area contributed by atoms with Crippen LogP contribution in [0.2, 0.25) is 0 Å². The van der Waals surface area contributed by atoms with Crippen LogP contribution >= 0.6 is 0 Å². The summed E-state index contributed by atoms with van der Waals surface area (Å²) in [6.45, 7) is 9.21. The molecule has 0 aromatic heterocycles. The SMILES string of the molecule is CCCCCCCCCCCCCCCCCCC(=O)OCCC1OC2(CCN(C(=O)CCCN(C)CCN(C)C)CC2)OC1CCOC(=O)CCCCCCCCCCCCCCCCCC. The van der Waals surface area contributed by atoms with Crippen molar-refractivity contribution in [1.29, 1.82) is 0 Å². The molecule has 2 unspecified atom stereocenters. The fourth-order valence-electron chi connectivity index (χ4n) is 10.1. The number of hydrogen-bond donors (Lipinski definition) is 0. The lowest BCUT2D eigenvalue weighted by atomic mass is 10.0. The molecule has 2 aliphatic heterocycles. The van der Waals surface area contributed by atoms with E-state index >= 15 is 0 Å². The third-order valence-corrected chi connectivity index (χ3v) is 14.7. The largest absolute Gasteiger partial charge is 0.466 e. The number of piperidine rings is 1. The maximum absolute atomic E-state index is 13.2. The quantitative estimate of drug-likeness (QED) is 0.0436. The summed E-state index contributed by atoms with van der Waals surface area (Å²) in [5.41, 5.74) is 0. The van der Waals surface area contributed by atoms with Gasteiger partial charge in [0.1, 0.15) is 0 Å². The maximum atomic E-state index is 13.2. The summed E-state index contributed by atoms with van der Waals surface area (Å²) in [5.74, 6) is -0.855. The molecule has 10 heteroatoms. The van der Waals surface area contributed by atoms with Crippen molar-refractivity contribution >= 4 is 17.8 Å². The number of carbonyl (C=O) groups excluding carboxylic acids is 3. The zero-order valence-electron chi connectivity index (χ0n) is 45.6. The molecular weight excluding hydrogens is 851 g/mol. The van der Waals surface area contributed by atoms with Gasteiger partial charge >= 0.3 is 11.9 Å². The van der Waals surface area contributed by atoms with Gasteiger partial charge in [0.15, 0.2) is 5.79 Å². The van der Waals surface area contributed by atoms with Gasteiger partial charge in [-0.1, -0.05) is 206 Å². The Labute approximate surface area is 420 Å². The van der Waals surface area contributed by atoms with Gasteiger partial charge in [-0.3, -0.25) is 14.4 Å². The molecule has 400 valence electrons. The number of esters is 2. The molecule has 0 aromatic rings. The summed E-state index contributed by atoms with van der Waals surface area (Å²) >= 11 is 0. The molecule has 2 rings (SSSR count). The molecular formula is C58H111N3O7. The Bertz CT molecular complexity index is 1130. The predicted octanol–water partition coefficient (Wildman–Crippen LogP) is 14.5. The van der Waals surface area contributed by atoms with E-state index in [4.69, 9.17) is 18.9 Å². The zero-order valence-corrected chi connectivity index (χ0v) is 45.6. The third-order valence-electron chi connectivity index (χ3n) is 14.7. The Morgan fingerprint density at radius 3 is 1.13 bits per heavy atom. The summed E-state index contributed by atoms with van der Waals surface area (Å²) in [6, 6.07) is 0. The van der Waals surface area contributed by atoms with E-state index in [1.54, 1.807) is 0 Å². The number of amides is 1. The highest BCUT2D eigenvalue weighted by Gasteiger charge is 2.49. The van der Waals surface area contributed by atoms with Crippen molar-refractivity contribution in [3.05, 3.63) is 0 Å². The minimum Gasteiger partial charge on any atom is -0.466 e. The Morgan fingerprint density at radius 2 is 0.794 bits per heavy atom. The van der Waals surface area contributed by atoms with E-state index < -0.39 is 5.79 Å². The van der Waals surface area contributed by atoms with Gasteiger partial charge in [0, 0.05) is 71.1 Å². The van der Waals surface area contributed by atoms with Gasteiger partial charge in [0.2, 0.25) is 5.91 Å². The minimum absolute atomic E-state index is 0.140. The van der Waals surface area contributed by atoms with E-state index in [0.29, 0.717) is 58.0 Å². The first-order valence-electron chi connectivity index (χ1n) is 29.5. The van der Waals surface area contributed by atoms with Gasteiger partial charge in [-0.05, 0) is 47.0 Å². The normalized spacial score (nSPS) is 17.0. The molecule has 2 heterocycles. The van der Waals surface area contributed by atoms with Gasteiger partial charge < -0.3 is 33.6 Å². The number of hydrogen-bond acceptors (Lipinski definition) is 9. The van der Waals surface area contributed by atoms with Crippen LogP contribution in [0.4, 0.5) is 0 Å². The van der Waals surface area contributed by atoms with Crippen molar-refractivity contribution in [1.82, 2.24) is 14.7 Å². The first-order valence-corrected chi connectivity index (χ1v) is 29.5. The van der Waals surface area contributed by atoms with Crippen molar-refractivity contribution in [3.63, 3.8) is 0 Å². The van der Waals surface area contributed by atoms with E-state index in [2.05, 4.69) is 44.8 Å². The maximum Gasteiger partial charge on any atom is 0.305 e. The van der Waals surface area contributed by atoms with Gasteiger partial charge in [-0.25, -0.2) is 0 Å². The fraction of sp³-hybridized carbons (Fsp3) is 0.948. The van der Waals surface area contributed by atoms with E-state index in [-0.39, 0.29) is 43.3 Å². The number of carbonyl (C=O) groups is 3. The van der Waals surface area contributed by atoms with Gasteiger partial charge in [-0.2, -0.15) is 0 Å².